The molecule has 1 amide bonds. The van der Waals surface area contributed by atoms with Gasteiger partial charge in [-0.3, -0.25) is 4.79 Å². The molecular weight excluding hydrogens is 312 g/mol. The van der Waals surface area contributed by atoms with Crippen LogP contribution < -0.4 is 11.1 Å². The second-order valence-electron chi connectivity index (χ2n) is 4.03. The van der Waals surface area contributed by atoms with Crippen LogP contribution in [-0.2, 0) is 11.2 Å². The number of nitrogens with one attached hydrogen (secondary N) is 1. The lowest BCUT2D eigenvalue weighted by atomic mass is 10.1. The van der Waals surface area contributed by atoms with E-state index >= 15 is 0 Å². The number of rotatable bonds is 6. The summed E-state index contributed by atoms with van der Waals surface area (Å²) in [5.74, 6) is 0.788. The lowest BCUT2D eigenvalue weighted by Gasteiger charge is -2.14. The van der Waals surface area contributed by atoms with E-state index in [0.29, 0.717) is 6.42 Å². The lowest BCUT2D eigenvalue weighted by Crippen LogP contribution is -2.36. The number of aryl methyl sites for hydroxylation is 1. The predicted molar refractivity (Wildman–Crippen MR) is 83.1 cm³/mol. The summed E-state index contributed by atoms with van der Waals surface area (Å²) in [7, 11) is 0. The average Bonchev–Trinajstić information content (AvgIpc) is 2.37. The van der Waals surface area contributed by atoms with Crippen molar-refractivity contribution in [3.63, 3.8) is 0 Å². The summed E-state index contributed by atoms with van der Waals surface area (Å²) in [5, 5.41) is 2.90. The van der Waals surface area contributed by atoms with E-state index in [0.717, 1.165) is 27.9 Å². The van der Waals surface area contributed by atoms with Gasteiger partial charge < -0.3 is 11.1 Å². The Morgan fingerprint density at radius 2 is 2.28 bits per heavy atom. The molecule has 1 rings (SSSR count). The van der Waals surface area contributed by atoms with Gasteiger partial charge in [-0.05, 0) is 48.6 Å². The van der Waals surface area contributed by atoms with Crippen molar-refractivity contribution in [2.24, 2.45) is 5.73 Å². The third-order valence-electron chi connectivity index (χ3n) is 2.68. The summed E-state index contributed by atoms with van der Waals surface area (Å²) < 4.78 is 1.02. The molecule has 5 heteroatoms. The number of benzene rings is 1. The molecule has 0 saturated heterocycles. The van der Waals surface area contributed by atoms with E-state index < -0.39 is 6.04 Å². The Morgan fingerprint density at radius 1 is 1.56 bits per heavy atom. The van der Waals surface area contributed by atoms with Crippen LogP contribution >= 0.6 is 27.7 Å². The molecular formula is C13H19BrN2OS. The van der Waals surface area contributed by atoms with E-state index in [9.17, 15) is 4.79 Å². The predicted octanol–water partition coefficient (Wildman–Crippen LogP) is 3.03. The first-order valence-electron chi connectivity index (χ1n) is 5.92. The molecule has 3 N–H and O–H groups in total. The van der Waals surface area contributed by atoms with Crippen LogP contribution in [0.2, 0.25) is 0 Å². The molecule has 100 valence electrons. The van der Waals surface area contributed by atoms with Gasteiger partial charge in [0.25, 0.3) is 0 Å². The second kappa shape index (κ2) is 7.81. The molecule has 0 aliphatic heterocycles. The van der Waals surface area contributed by atoms with Crippen LogP contribution in [0.5, 0.6) is 0 Å². The summed E-state index contributed by atoms with van der Waals surface area (Å²) >= 11 is 5.12. The van der Waals surface area contributed by atoms with E-state index in [4.69, 9.17) is 5.73 Å². The number of carbonyl (C=O) groups excluding carboxylic acids is 1. The minimum Gasteiger partial charge on any atom is -0.324 e. The van der Waals surface area contributed by atoms with Gasteiger partial charge in [-0.15, -0.1) is 0 Å². The maximum Gasteiger partial charge on any atom is 0.241 e. The Hall–Kier alpha value is -0.520. The molecule has 0 fully saturated rings. The highest BCUT2D eigenvalue weighted by molar-refractivity contribution is 9.10. The highest BCUT2D eigenvalue weighted by Gasteiger charge is 2.14. The van der Waals surface area contributed by atoms with Gasteiger partial charge in [-0.25, -0.2) is 0 Å². The highest BCUT2D eigenvalue weighted by atomic mass is 79.9. The van der Waals surface area contributed by atoms with E-state index in [1.165, 1.54) is 0 Å². The molecule has 0 radical (unpaired) electrons. The fraction of sp³-hybridized carbons (Fsp3) is 0.462. The SMILES string of the molecule is CCc1cc(Br)ccc1NC(=O)[C@H](N)CCSC. The first-order valence-corrected chi connectivity index (χ1v) is 8.11. The van der Waals surface area contributed by atoms with E-state index in [2.05, 4.69) is 28.2 Å². The minimum atomic E-state index is -0.439. The van der Waals surface area contributed by atoms with Gasteiger partial charge in [-0.1, -0.05) is 22.9 Å². The third kappa shape index (κ3) is 4.63. The molecule has 3 nitrogen and oxygen atoms in total. The Labute approximate surface area is 121 Å². The van der Waals surface area contributed by atoms with Gasteiger partial charge in [0.15, 0.2) is 0 Å². The minimum absolute atomic E-state index is 0.110. The number of halogens is 1. The van der Waals surface area contributed by atoms with Crippen LogP contribution in [0.15, 0.2) is 22.7 Å². The maximum atomic E-state index is 11.9. The lowest BCUT2D eigenvalue weighted by molar-refractivity contribution is -0.117. The molecule has 0 bridgehead atoms. The van der Waals surface area contributed by atoms with Crippen molar-refractivity contribution in [3.05, 3.63) is 28.2 Å². The second-order valence-corrected chi connectivity index (χ2v) is 5.93. The molecule has 0 spiro atoms. The first-order chi connectivity index (χ1) is 8.58. The van der Waals surface area contributed by atoms with Crippen molar-refractivity contribution in [1.82, 2.24) is 0 Å². The van der Waals surface area contributed by atoms with Crippen molar-refractivity contribution >= 4 is 39.3 Å². The van der Waals surface area contributed by atoms with Crippen molar-refractivity contribution in [1.29, 1.82) is 0 Å². The number of carbonyl (C=O) groups is 1. The standard InChI is InChI=1S/C13H19BrN2OS/c1-3-9-8-10(14)4-5-12(9)16-13(17)11(15)6-7-18-2/h4-5,8,11H,3,6-7,15H2,1-2H3,(H,16,17)/t11-/m1/s1. The molecule has 0 saturated carbocycles. The fourth-order valence-electron chi connectivity index (χ4n) is 1.58. The first kappa shape index (κ1) is 15.5. The molecule has 1 aromatic rings. The number of nitrogens with two attached hydrogens (primary N) is 1. The maximum absolute atomic E-state index is 11.9. The van der Waals surface area contributed by atoms with E-state index in [1.807, 2.05) is 24.5 Å². The molecule has 0 aliphatic carbocycles. The van der Waals surface area contributed by atoms with Gasteiger partial charge in [0.1, 0.15) is 0 Å². The molecule has 0 aliphatic rings. The van der Waals surface area contributed by atoms with E-state index in [-0.39, 0.29) is 5.91 Å². The normalized spacial score (nSPS) is 12.2. The quantitative estimate of drug-likeness (QED) is 0.842. The van der Waals surface area contributed by atoms with Gasteiger partial charge in [-0.2, -0.15) is 11.8 Å². The Kier molecular flexibility index (Phi) is 6.75. The number of anilines is 1. The molecule has 18 heavy (non-hydrogen) atoms. The van der Waals surface area contributed by atoms with Crippen LogP contribution in [0.25, 0.3) is 0 Å². The summed E-state index contributed by atoms with van der Waals surface area (Å²) in [6, 6.07) is 5.40. The van der Waals surface area contributed by atoms with E-state index in [1.54, 1.807) is 11.8 Å². The zero-order valence-corrected chi connectivity index (χ0v) is 13.1. The van der Waals surface area contributed by atoms with Gasteiger partial charge in [0.2, 0.25) is 5.91 Å². The highest BCUT2D eigenvalue weighted by Crippen LogP contribution is 2.21. The van der Waals surface area contributed by atoms with Crippen LogP contribution in [0.3, 0.4) is 0 Å². The number of amides is 1. The van der Waals surface area contributed by atoms with Crippen LogP contribution in [-0.4, -0.2) is 24.0 Å². The average molecular weight is 331 g/mol. The zero-order valence-electron chi connectivity index (χ0n) is 10.7. The van der Waals surface area contributed by atoms with Crippen molar-refractivity contribution in [2.45, 2.75) is 25.8 Å². The number of thioether (sulfide) groups is 1. The number of hydrogen-bond donors (Lipinski definition) is 2. The topological polar surface area (TPSA) is 55.1 Å². The van der Waals surface area contributed by atoms with Gasteiger partial charge >= 0.3 is 0 Å². The van der Waals surface area contributed by atoms with Crippen molar-refractivity contribution in [3.8, 4) is 0 Å². The number of hydrogen-bond acceptors (Lipinski definition) is 3. The summed E-state index contributed by atoms with van der Waals surface area (Å²) in [6.45, 7) is 2.06. The van der Waals surface area contributed by atoms with Crippen molar-refractivity contribution in [2.75, 3.05) is 17.3 Å². The Balaban J connectivity index is 2.69. The van der Waals surface area contributed by atoms with Crippen LogP contribution in [0.1, 0.15) is 18.9 Å². The largest absolute Gasteiger partial charge is 0.324 e. The molecule has 1 aromatic carbocycles. The Morgan fingerprint density at radius 3 is 2.89 bits per heavy atom. The van der Waals surface area contributed by atoms with Gasteiger partial charge in [0, 0.05) is 10.2 Å². The van der Waals surface area contributed by atoms with Crippen molar-refractivity contribution < 1.29 is 4.79 Å². The smallest absolute Gasteiger partial charge is 0.241 e. The summed E-state index contributed by atoms with van der Waals surface area (Å²) in [5.41, 5.74) is 7.80. The molecule has 0 unspecified atom stereocenters. The monoisotopic (exact) mass is 330 g/mol. The van der Waals surface area contributed by atoms with Crippen LogP contribution in [0.4, 0.5) is 5.69 Å². The summed E-state index contributed by atoms with van der Waals surface area (Å²) in [6.07, 6.45) is 3.58. The summed E-state index contributed by atoms with van der Waals surface area (Å²) in [4.78, 5) is 11.9. The zero-order chi connectivity index (χ0) is 13.5. The molecule has 1 atom stereocenters. The molecule has 0 heterocycles. The fourth-order valence-corrected chi connectivity index (χ4v) is 2.48. The third-order valence-corrected chi connectivity index (χ3v) is 3.81. The van der Waals surface area contributed by atoms with Crippen LogP contribution in [0, 0.1) is 0 Å². The Bertz CT molecular complexity index is 412. The van der Waals surface area contributed by atoms with Gasteiger partial charge in [0.05, 0.1) is 6.04 Å². The molecule has 0 aromatic heterocycles.